The average molecular weight is 267 g/mol. The van der Waals surface area contributed by atoms with Gasteiger partial charge in [-0.3, -0.25) is 0 Å². The summed E-state index contributed by atoms with van der Waals surface area (Å²) in [4.78, 5) is 0. The molecule has 0 amide bonds. The van der Waals surface area contributed by atoms with Crippen LogP contribution in [0.2, 0.25) is 5.02 Å². The van der Waals surface area contributed by atoms with Crippen LogP contribution in [-0.4, -0.2) is 10.6 Å². The van der Waals surface area contributed by atoms with E-state index >= 15 is 0 Å². The predicted octanol–water partition coefficient (Wildman–Crippen LogP) is 3.22. The molecular weight excluding hydrogens is 251 g/mol. The second kappa shape index (κ2) is 5.55. The zero-order valence-electron chi connectivity index (χ0n) is 10.2. The van der Waals surface area contributed by atoms with E-state index in [9.17, 15) is 4.39 Å². The summed E-state index contributed by atoms with van der Waals surface area (Å²) in [5, 5.41) is 0.548. The summed E-state index contributed by atoms with van der Waals surface area (Å²) in [6.45, 7) is 2.43. The number of rotatable bonds is 4. The maximum atomic E-state index is 13.7. The lowest BCUT2D eigenvalue weighted by molar-refractivity contribution is 0.591. The molecule has 1 heterocycles. The molecule has 1 aromatic heterocycles. The minimum Gasteiger partial charge on any atom is -0.347 e. The van der Waals surface area contributed by atoms with Gasteiger partial charge in [0.2, 0.25) is 0 Å². The maximum Gasteiger partial charge on any atom is 0.128 e. The van der Waals surface area contributed by atoms with Gasteiger partial charge in [-0.1, -0.05) is 11.6 Å². The fourth-order valence-corrected chi connectivity index (χ4v) is 2.16. The largest absolute Gasteiger partial charge is 0.347 e. The summed E-state index contributed by atoms with van der Waals surface area (Å²) in [7, 11) is 0. The lowest BCUT2D eigenvalue weighted by Gasteiger charge is -2.12. The summed E-state index contributed by atoms with van der Waals surface area (Å²) in [5.41, 5.74) is 7.48. The predicted molar refractivity (Wildman–Crippen MR) is 72.3 cm³/mol. The highest BCUT2D eigenvalue weighted by molar-refractivity contribution is 6.30. The van der Waals surface area contributed by atoms with Crippen LogP contribution in [0.25, 0.3) is 0 Å². The van der Waals surface area contributed by atoms with Gasteiger partial charge in [-0.15, -0.1) is 0 Å². The molecule has 0 aliphatic heterocycles. The van der Waals surface area contributed by atoms with Crippen molar-refractivity contribution in [1.29, 1.82) is 0 Å². The Morgan fingerprint density at radius 2 is 2.17 bits per heavy atom. The van der Waals surface area contributed by atoms with Gasteiger partial charge < -0.3 is 10.3 Å². The van der Waals surface area contributed by atoms with Gasteiger partial charge in [0.1, 0.15) is 5.82 Å². The first kappa shape index (κ1) is 13.1. The van der Waals surface area contributed by atoms with Crippen LogP contribution >= 0.6 is 11.6 Å². The van der Waals surface area contributed by atoms with E-state index in [-0.39, 0.29) is 11.9 Å². The third-order valence-corrected chi connectivity index (χ3v) is 3.04. The van der Waals surface area contributed by atoms with Crippen molar-refractivity contribution in [3.63, 3.8) is 0 Å². The lowest BCUT2D eigenvalue weighted by atomic mass is 10.1. The molecule has 1 unspecified atom stereocenters. The van der Waals surface area contributed by atoms with E-state index in [4.69, 9.17) is 17.3 Å². The first-order valence-electron chi connectivity index (χ1n) is 5.90. The van der Waals surface area contributed by atoms with Crippen molar-refractivity contribution in [3.8, 4) is 0 Å². The van der Waals surface area contributed by atoms with Gasteiger partial charge in [0.05, 0.1) is 6.54 Å². The van der Waals surface area contributed by atoms with Gasteiger partial charge in [-0.05, 0) is 37.3 Å². The van der Waals surface area contributed by atoms with Crippen molar-refractivity contribution < 1.29 is 4.39 Å². The first-order valence-corrected chi connectivity index (χ1v) is 6.27. The molecule has 1 atom stereocenters. The van der Waals surface area contributed by atoms with Crippen LogP contribution in [0.1, 0.15) is 18.2 Å². The van der Waals surface area contributed by atoms with Gasteiger partial charge in [0, 0.05) is 34.9 Å². The SMILES string of the molecule is CC(N)Cc1cccn1Cc1cc(Cl)ccc1F. The molecule has 0 aliphatic carbocycles. The van der Waals surface area contributed by atoms with Gasteiger partial charge in [0.15, 0.2) is 0 Å². The van der Waals surface area contributed by atoms with Crippen molar-refractivity contribution in [2.24, 2.45) is 5.73 Å². The Bertz CT molecular complexity index is 534. The molecule has 0 radical (unpaired) electrons. The first-order chi connectivity index (χ1) is 8.56. The quantitative estimate of drug-likeness (QED) is 0.905. The highest BCUT2D eigenvalue weighted by Crippen LogP contribution is 2.17. The molecule has 0 spiro atoms. The van der Waals surface area contributed by atoms with Crippen molar-refractivity contribution in [2.75, 3.05) is 0 Å². The van der Waals surface area contributed by atoms with Crippen molar-refractivity contribution in [1.82, 2.24) is 4.57 Å². The van der Waals surface area contributed by atoms with Crippen LogP contribution in [0.3, 0.4) is 0 Å². The number of benzene rings is 1. The summed E-state index contributed by atoms with van der Waals surface area (Å²) in [6.07, 6.45) is 2.70. The summed E-state index contributed by atoms with van der Waals surface area (Å²) in [5.74, 6) is -0.236. The van der Waals surface area contributed by atoms with Crippen LogP contribution < -0.4 is 5.73 Å². The smallest absolute Gasteiger partial charge is 0.128 e. The minimum absolute atomic E-state index is 0.0860. The Balaban J connectivity index is 2.23. The highest BCUT2D eigenvalue weighted by Gasteiger charge is 2.08. The molecule has 1 aromatic carbocycles. The lowest BCUT2D eigenvalue weighted by Crippen LogP contribution is -2.20. The molecule has 4 heteroatoms. The molecule has 0 saturated heterocycles. The van der Waals surface area contributed by atoms with Crippen molar-refractivity contribution in [3.05, 3.63) is 58.6 Å². The van der Waals surface area contributed by atoms with E-state index < -0.39 is 0 Å². The summed E-state index contributed by atoms with van der Waals surface area (Å²) >= 11 is 5.89. The zero-order chi connectivity index (χ0) is 13.1. The third kappa shape index (κ3) is 3.12. The van der Waals surface area contributed by atoms with Gasteiger partial charge in [0.25, 0.3) is 0 Å². The monoisotopic (exact) mass is 266 g/mol. The zero-order valence-corrected chi connectivity index (χ0v) is 11.0. The number of nitrogens with two attached hydrogens (primary N) is 1. The Kier molecular flexibility index (Phi) is 4.04. The minimum atomic E-state index is -0.236. The van der Waals surface area contributed by atoms with Crippen LogP contribution in [0, 0.1) is 5.82 Å². The molecule has 2 rings (SSSR count). The molecule has 0 aliphatic rings. The second-order valence-corrected chi connectivity index (χ2v) is 4.98. The molecule has 2 N–H and O–H groups in total. The van der Waals surface area contributed by atoms with Crippen LogP contribution in [0.4, 0.5) is 4.39 Å². The van der Waals surface area contributed by atoms with Crippen molar-refractivity contribution >= 4 is 11.6 Å². The van der Waals surface area contributed by atoms with Crippen LogP contribution in [0.15, 0.2) is 36.5 Å². The van der Waals surface area contributed by atoms with Crippen LogP contribution in [-0.2, 0) is 13.0 Å². The average Bonchev–Trinajstić information content (AvgIpc) is 2.70. The van der Waals surface area contributed by atoms with Gasteiger partial charge in [-0.25, -0.2) is 4.39 Å². The number of aromatic nitrogens is 1. The van der Waals surface area contributed by atoms with Gasteiger partial charge in [-0.2, -0.15) is 0 Å². The van der Waals surface area contributed by atoms with E-state index in [2.05, 4.69) is 0 Å². The maximum absolute atomic E-state index is 13.7. The molecule has 18 heavy (non-hydrogen) atoms. The number of nitrogens with zero attached hydrogens (tertiary/aromatic N) is 1. The summed E-state index contributed by atoms with van der Waals surface area (Å²) < 4.78 is 15.7. The van der Waals surface area contributed by atoms with E-state index in [1.54, 1.807) is 12.1 Å². The fraction of sp³-hybridized carbons (Fsp3) is 0.286. The molecular formula is C14H16ClFN2. The number of hydrogen-bond acceptors (Lipinski definition) is 1. The Morgan fingerprint density at radius 1 is 1.39 bits per heavy atom. The van der Waals surface area contributed by atoms with E-state index in [0.29, 0.717) is 17.1 Å². The summed E-state index contributed by atoms with van der Waals surface area (Å²) in [6, 6.07) is 8.65. The molecule has 0 saturated carbocycles. The Hall–Kier alpha value is -1.32. The number of hydrogen-bond donors (Lipinski definition) is 1. The van der Waals surface area contributed by atoms with Crippen LogP contribution in [0.5, 0.6) is 0 Å². The number of halogens is 2. The highest BCUT2D eigenvalue weighted by atomic mass is 35.5. The third-order valence-electron chi connectivity index (χ3n) is 2.80. The fourth-order valence-electron chi connectivity index (χ4n) is 1.97. The van der Waals surface area contributed by atoms with E-state index in [1.807, 2.05) is 29.8 Å². The normalized spacial score (nSPS) is 12.7. The van der Waals surface area contributed by atoms with E-state index in [1.165, 1.54) is 6.07 Å². The topological polar surface area (TPSA) is 30.9 Å². The van der Waals surface area contributed by atoms with E-state index in [0.717, 1.165) is 12.1 Å². The molecule has 2 aromatic rings. The molecule has 0 fully saturated rings. The Labute approximate surface area is 111 Å². The molecule has 0 bridgehead atoms. The van der Waals surface area contributed by atoms with Gasteiger partial charge >= 0.3 is 0 Å². The second-order valence-electron chi connectivity index (χ2n) is 4.54. The standard InChI is InChI=1S/C14H16ClFN2/c1-10(17)7-13-3-2-6-18(13)9-11-8-12(15)4-5-14(11)16/h2-6,8,10H,7,9,17H2,1H3. The van der Waals surface area contributed by atoms with Crippen molar-refractivity contribution in [2.45, 2.75) is 25.9 Å². The molecule has 96 valence electrons. The molecule has 2 nitrogen and oxygen atoms in total. The Morgan fingerprint density at radius 3 is 2.89 bits per heavy atom.